The molecule has 1 amide bonds. The Bertz CT molecular complexity index is 280. The van der Waals surface area contributed by atoms with E-state index >= 15 is 0 Å². The minimum atomic E-state index is 0.311. The van der Waals surface area contributed by atoms with Crippen molar-refractivity contribution >= 4 is 5.91 Å². The van der Waals surface area contributed by atoms with Crippen molar-refractivity contribution in [2.45, 2.75) is 70.3 Å². The fraction of sp³-hybridized carbons (Fsp3) is 0.938. The normalized spacial score (nSPS) is 27.9. The molecule has 2 rings (SSSR count). The van der Waals surface area contributed by atoms with Crippen molar-refractivity contribution in [1.29, 1.82) is 0 Å². The molecule has 0 radical (unpaired) electrons. The van der Waals surface area contributed by atoms with Crippen LogP contribution in [0, 0.1) is 11.8 Å². The third kappa shape index (κ3) is 4.20. The predicted octanol–water partition coefficient (Wildman–Crippen LogP) is 2.97. The Hall–Kier alpha value is -0.570. The number of carbonyl (C=O) groups is 1. The average Bonchev–Trinajstić information content (AvgIpc) is 2.40. The zero-order chi connectivity index (χ0) is 13.7. The molecular formula is C16H29NO2. The summed E-state index contributed by atoms with van der Waals surface area (Å²) in [5.41, 5.74) is 0. The lowest BCUT2D eigenvalue weighted by atomic mass is 9.82. The van der Waals surface area contributed by atoms with Crippen LogP contribution < -0.4 is 0 Å². The van der Waals surface area contributed by atoms with Gasteiger partial charge in [-0.25, -0.2) is 0 Å². The van der Waals surface area contributed by atoms with Gasteiger partial charge in [0.1, 0.15) is 0 Å². The molecule has 2 fully saturated rings. The molecule has 0 bridgehead atoms. The summed E-state index contributed by atoms with van der Waals surface area (Å²) in [4.78, 5) is 14.1. The van der Waals surface area contributed by atoms with Gasteiger partial charge in [-0.1, -0.05) is 19.3 Å². The predicted molar refractivity (Wildman–Crippen MR) is 76.8 cm³/mol. The monoisotopic (exact) mass is 267 g/mol. The molecule has 0 aromatic carbocycles. The first kappa shape index (κ1) is 14.8. The maximum Gasteiger partial charge on any atom is 0.222 e. The molecule has 0 spiro atoms. The van der Waals surface area contributed by atoms with Gasteiger partial charge in [-0.3, -0.25) is 4.79 Å². The molecule has 110 valence electrons. The Balaban J connectivity index is 1.63. The maximum absolute atomic E-state index is 12.2. The molecule has 3 nitrogen and oxygen atoms in total. The lowest BCUT2D eigenvalue weighted by molar-refractivity contribution is -0.133. The molecule has 0 saturated heterocycles. The summed E-state index contributed by atoms with van der Waals surface area (Å²) in [6, 6.07) is 0.416. The van der Waals surface area contributed by atoms with E-state index in [-0.39, 0.29) is 0 Å². The first-order chi connectivity index (χ1) is 9.20. The van der Waals surface area contributed by atoms with Crippen molar-refractivity contribution in [2.75, 3.05) is 13.7 Å². The molecule has 2 aliphatic rings. The lowest BCUT2D eigenvalue weighted by Crippen LogP contribution is -2.39. The van der Waals surface area contributed by atoms with Crippen molar-refractivity contribution in [2.24, 2.45) is 11.8 Å². The molecule has 0 heterocycles. The van der Waals surface area contributed by atoms with Crippen LogP contribution in [0.4, 0.5) is 0 Å². The number of rotatable bonds is 6. The minimum absolute atomic E-state index is 0.311. The van der Waals surface area contributed by atoms with E-state index in [2.05, 4.69) is 0 Å². The zero-order valence-corrected chi connectivity index (χ0v) is 12.3. The maximum atomic E-state index is 12.2. The van der Waals surface area contributed by atoms with Gasteiger partial charge in [0.15, 0.2) is 0 Å². The number of carbonyl (C=O) groups excluding carboxylic acids is 1. The van der Waals surface area contributed by atoms with Crippen molar-refractivity contribution in [1.82, 2.24) is 4.90 Å². The standard InChI is InChI=1S/C16H29NO2/c1-17(15-10-8-14(12-18)9-11-15)16(19)7-3-6-13-4-2-5-13/h13-15,18H,2-12H2,1H3. The van der Waals surface area contributed by atoms with Gasteiger partial charge in [-0.05, 0) is 50.4 Å². The number of aliphatic hydroxyl groups is 1. The van der Waals surface area contributed by atoms with E-state index in [4.69, 9.17) is 5.11 Å². The SMILES string of the molecule is CN(C(=O)CCCC1CCC1)C1CCC(CO)CC1. The van der Waals surface area contributed by atoms with Crippen LogP contribution in [-0.4, -0.2) is 35.6 Å². The number of nitrogens with zero attached hydrogens (tertiary/aromatic N) is 1. The second kappa shape index (κ2) is 7.28. The van der Waals surface area contributed by atoms with E-state index in [0.717, 1.165) is 44.4 Å². The van der Waals surface area contributed by atoms with E-state index < -0.39 is 0 Å². The van der Waals surface area contributed by atoms with E-state index in [1.807, 2.05) is 11.9 Å². The molecule has 0 aromatic rings. The van der Waals surface area contributed by atoms with E-state index in [1.54, 1.807) is 0 Å². The fourth-order valence-electron chi connectivity index (χ4n) is 3.42. The van der Waals surface area contributed by atoms with Gasteiger partial charge in [-0.2, -0.15) is 0 Å². The first-order valence-corrected chi connectivity index (χ1v) is 8.07. The second-order valence-electron chi connectivity index (χ2n) is 6.55. The molecule has 0 unspecified atom stereocenters. The molecular weight excluding hydrogens is 238 g/mol. The number of aliphatic hydroxyl groups excluding tert-OH is 1. The Morgan fingerprint density at radius 3 is 2.32 bits per heavy atom. The Morgan fingerprint density at radius 2 is 1.79 bits per heavy atom. The molecule has 0 atom stereocenters. The quantitative estimate of drug-likeness (QED) is 0.803. The van der Waals surface area contributed by atoms with Crippen LogP contribution >= 0.6 is 0 Å². The Morgan fingerprint density at radius 1 is 1.11 bits per heavy atom. The summed E-state index contributed by atoms with van der Waals surface area (Å²) >= 11 is 0. The van der Waals surface area contributed by atoms with Crippen LogP contribution in [0.15, 0.2) is 0 Å². The largest absolute Gasteiger partial charge is 0.396 e. The highest BCUT2D eigenvalue weighted by atomic mass is 16.3. The van der Waals surface area contributed by atoms with E-state index in [0.29, 0.717) is 24.5 Å². The molecule has 3 heteroatoms. The van der Waals surface area contributed by atoms with Crippen molar-refractivity contribution in [3.63, 3.8) is 0 Å². The summed E-state index contributed by atoms with van der Waals surface area (Å²) in [7, 11) is 1.97. The van der Waals surface area contributed by atoms with Crippen LogP contribution in [0.25, 0.3) is 0 Å². The second-order valence-corrected chi connectivity index (χ2v) is 6.55. The fourth-order valence-corrected chi connectivity index (χ4v) is 3.42. The number of amides is 1. The molecule has 1 N–H and O–H groups in total. The third-order valence-corrected chi connectivity index (χ3v) is 5.24. The minimum Gasteiger partial charge on any atom is -0.396 e. The molecule has 0 aromatic heterocycles. The van der Waals surface area contributed by atoms with Gasteiger partial charge in [0.25, 0.3) is 0 Å². The van der Waals surface area contributed by atoms with Crippen molar-refractivity contribution in [3.8, 4) is 0 Å². The molecule has 2 saturated carbocycles. The summed E-state index contributed by atoms with van der Waals surface area (Å²) in [6.07, 6.45) is 11.5. The van der Waals surface area contributed by atoms with Gasteiger partial charge in [0, 0.05) is 26.1 Å². The molecule has 0 aliphatic heterocycles. The third-order valence-electron chi connectivity index (χ3n) is 5.24. The van der Waals surface area contributed by atoms with E-state index in [1.165, 1.54) is 25.7 Å². The Labute approximate surface area is 117 Å². The van der Waals surface area contributed by atoms with Crippen LogP contribution in [0.1, 0.15) is 64.2 Å². The van der Waals surface area contributed by atoms with Crippen molar-refractivity contribution in [3.05, 3.63) is 0 Å². The highest BCUT2D eigenvalue weighted by Crippen LogP contribution is 2.31. The van der Waals surface area contributed by atoms with Crippen LogP contribution in [0.2, 0.25) is 0 Å². The number of hydrogen-bond acceptors (Lipinski definition) is 2. The average molecular weight is 267 g/mol. The van der Waals surface area contributed by atoms with Crippen LogP contribution in [0.5, 0.6) is 0 Å². The highest BCUT2D eigenvalue weighted by Gasteiger charge is 2.26. The number of hydrogen-bond donors (Lipinski definition) is 1. The lowest BCUT2D eigenvalue weighted by Gasteiger charge is -2.34. The van der Waals surface area contributed by atoms with Crippen molar-refractivity contribution < 1.29 is 9.90 Å². The smallest absolute Gasteiger partial charge is 0.222 e. The summed E-state index contributed by atoms with van der Waals surface area (Å²) in [6.45, 7) is 0.311. The Kier molecular flexibility index (Phi) is 5.68. The zero-order valence-electron chi connectivity index (χ0n) is 12.3. The van der Waals surface area contributed by atoms with Gasteiger partial charge in [0.05, 0.1) is 0 Å². The molecule has 2 aliphatic carbocycles. The van der Waals surface area contributed by atoms with Gasteiger partial charge >= 0.3 is 0 Å². The van der Waals surface area contributed by atoms with Gasteiger partial charge in [-0.15, -0.1) is 0 Å². The summed E-state index contributed by atoms with van der Waals surface area (Å²) in [5.74, 6) is 1.71. The van der Waals surface area contributed by atoms with Gasteiger partial charge in [0.2, 0.25) is 5.91 Å². The van der Waals surface area contributed by atoms with E-state index in [9.17, 15) is 4.79 Å². The topological polar surface area (TPSA) is 40.5 Å². The molecule has 19 heavy (non-hydrogen) atoms. The van der Waals surface area contributed by atoms with Crippen LogP contribution in [-0.2, 0) is 4.79 Å². The van der Waals surface area contributed by atoms with Gasteiger partial charge < -0.3 is 10.0 Å². The van der Waals surface area contributed by atoms with Crippen LogP contribution in [0.3, 0.4) is 0 Å². The first-order valence-electron chi connectivity index (χ1n) is 8.07. The highest BCUT2D eigenvalue weighted by molar-refractivity contribution is 5.76. The summed E-state index contributed by atoms with van der Waals surface area (Å²) < 4.78 is 0. The summed E-state index contributed by atoms with van der Waals surface area (Å²) in [5, 5.41) is 9.14.